The van der Waals surface area contributed by atoms with Gasteiger partial charge >= 0.3 is 0 Å². The molecule has 1 aromatic carbocycles. The number of hydrogen-bond donors (Lipinski definition) is 2. The Kier molecular flexibility index (Phi) is 4.52. The topological polar surface area (TPSA) is 66.9 Å². The Labute approximate surface area is 124 Å². The number of amides is 1. The highest BCUT2D eigenvalue weighted by Crippen LogP contribution is 2.07. The molecule has 1 heterocycles. The van der Waals surface area contributed by atoms with E-state index in [4.69, 9.17) is 0 Å². The maximum atomic E-state index is 11.9. The number of aromatic nitrogens is 2. The van der Waals surface area contributed by atoms with E-state index in [1.807, 2.05) is 51.1 Å². The van der Waals surface area contributed by atoms with Crippen LogP contribution in [-0.2, 0) is 6.54 Å². The number of carbonyl (C=O) groups excluding carboxylic acids is 1. The zero-order valence-corrected chi connectivity index (χ0v) is 12.6. The summed E-state index contributed by atoms with van der Waals surface area (Å²) in [7, 11) is 0. The lowest BCUT2D eigenvalue weighted by atomic mass is 10.1. The Morgan fingerprint density at radius 1 is 1.05 bits per heavy atom. The van der Waals surface area contributed by atoms with E-state index in [0.29, 0.717) is 18.1 Å². The fraction of sp³-hybridized carbons (Fsp3) is 0.312. The van der Waals surface area contributed by atoms with E-state index in [9.17, 15) is 4.79 Å². The number of carbonyl (C=O) groups is 1. The monoisotopic (exact) mass is 284 g/mol. The van der Waals surface area contributed by atoms with Crippen LogP contribution >= 0.6 is 0 Å². The third kappa shape index (κ3) is 4.87. The molecule has 0 saturated carbocycles. The molecular weight excluding hydrogens is 264 g/mol. The number of anilines is 1. The first-order chi connectivity index (χ1) is 9.94. The summed E-state index contributed by atoms with van der Waals surface area (Å²) < 4.78 is 0. The molecule has 110 valence electrons. The van der Waals surface area contributed by atoms with Crippen LogP contribution in [0.1, 0.15) is 36.8 Å². The highest BCUT2D eigenvalue weighted by atomic mass is 16.2. The number of rotatable bonds is 4. The molecule has 2 N–H and O–H groups in total. The van der Waals surface area contributed by atoms with Gasteiger partial charge in [-0.2, -0.15) is 0 Å². The summed E-state index contributed by atoms with van der Waals surface area (Å²) in [5.74, 6) is 0.427. The van der Waals surface area contributed by atoms with E-state index < -0.39 is 0 Å². The standard InChI is InChI=1S/C16H20N4O/c1-16(2,3)18-15(21)13-9-10-14(20-19-13)17-11-12-7-5-4-6-8-12/h4-10H,11H2,1-3H3,(H,17,20)(H,18,21). The predicted molar refractivity (Wildman–Crippen MR) is 83.0 cm³/mol. The number of benzene rings is 1. The maximum Gasteiger partial charge on any atom is 0.272 e. The molecule has 5 nitrogen and oxygen atoms in total. The van der Waals surface area contributed by atoms with Crippen LogP contribution in [0.3, 0.4) is 0 Å². The largest absolute Gasteiger partial charge is 0.365 e. The first kappa shape index (κ1) is 15.0. The van der Waals surface area contributed by atoms with Gasteiger partial charge in [-0.15, -0.1) is 10.2 Å². The molecule has 2 rings (SSSR count). The number of nitrogens with one attached hydrogen (secondary N) is 2. The van der Waals surface area contributed by atoms with Gasteiger partial charge in [0.25, 0.3) is 5.91 Å². The maximum absolute atomic E-state index is 11.9. The summed E-state index contributed by atoms with van der Waals surface area (Å²) in [6.07, 6.45) is 0. The summed E-state index contributed by atoms with van der Waals surface area (Å²) in [5, 5.41) is 14.0. The van der Waals surface area contributed by atoms with Crippen molar-refractivity contribution in [3.63, 3.8) is 0 Å². The number of hydrogen-bond acceptors (Lipinski definition) is 4. The molecule has 21 heavy (non-hydrogen) atoms. The molecule has 0 fully saturated rings. The minimum atomic E-state index is -0.289. The third-order valence-electron chi connectivity index (χ3n) is 2.70. The average Bonchev–Trinajstić information content (AvgIpc) is 2.45. The van der Waals surface area contributed by atoms with Crippen LogP contribution in [0.5, 0.6) is 0 Å². The van der Waals surface area contributed by atoms with Crippen molar-refractivity contribution < 1.29 is 4.79 Å². The zero-order chi connectivity index (χ0) is 15.3. The van der Waals surface area contributed by atoms with Crippen molar-refractivity contribution in [1.29, 1.82) is 0 Å². The van der Waals surface area contributed by atoms with Crippen LogP contribution in [0.2, 0.25) is 0 Å². The molecule has 0 aliphatic heterocycles. The minimum Gasteiger partial charge on any atom is -0.365 e. The molecule has 0 bridgehead atoms. The summed E-state index contributed by atoms with van der Waals surface area (Å²) in [6, 6.07) is 13.4. The Hall–Kier alpha value is -2.43. The fourth-order valence-electron chi connectivity index (χ4n) is 1.74. The second-order valence-electron chi connectivity index (χ2n) is 5.85. The van der Waals surface area contributed by atoms with Gasteiger partial charge in [-0.3, -0.25) is 4.79 Å². The van der Waals surface area contributed by atoms with Crippen molar-refractivity contribution >= 4 is 11.7 Å². The summed E-state index contributed by atoms with van der Waals surface area (Å²) >= 11 is 0. The van der Waals surface area contributed by atoms with Crippen LogP contribution < -0.4 is 10.6 Å². The molecule has 0 saturated heterocycles. The Morgan fingerprint density at radius 3 is 2.33 bits per heavy atom. The lowest BCUT2D eigenvalue weighted by Crippen LogP contribution is -2.41. The van der Waals surface area contributed by atoms with Crippen LogP contribution in [0.15, 0.2) is 42.5 Å². The second kappa shape index (κ2) is 6.35. The van der Waals surface area contributed by atoms with Crippen molar-refractivity contribution in [2.45, 2.75) is 32.9 Å². The normalized spacial score (nSPS) is 11.0. The molecule has 0 spiro atoms. The molecule has 0 unspecified atom stereocenters. The van der Waals surface area contributed by atoms with E-state index in [0.717, 1.165) is 5.56 Å². The molecule has 2 aromatic rings. The van der Waals surface area contributed by atoms with Gasteiger partial charge in [-0.1, -0.05) is 30.3 Å². The molecule has 0 radical (unpaired) electrons. The van der Waals surface area contributed by atoms with Gasteiger partial charge in [0.1, 0.15) is 5.82 Å². The van der Waals surface area contributed by atoms with Gasteiger partial charge in [0.15, 0.2) is 5.69 Å². The summed E-state index contributed by atoms with van der Waals surface area (Å²) in [6.45, 7) is 6.44. The van der Waals surface area contributed by atoms with E-state index in [1.165, 1.54) is 0 Å². The van der Waals surface area contributed by atoms with Crippen LogP contribution in [0, 0.1) is 0 Å². The first-order valence-corrected chi connectivity index (χ1v) is 6.88. The lowest BCUT2D eigenvalue weighted by Gasteiger charge is -2.19. The van der Waals surface area contributed by atoms with Gasteiger partial charge in [0, 0.05) is 12.1 Å². The Bertz CT molecular complexity index is 588. The van der Waals surface area contributed by atoms with Gasteiger partial charge in [0.05, 0.1) is 0 Å². The Balaban J connectivity index is 1.94. The highest BCUT2D eigenvalue weighted by molar-refractivity contribution is 5.92. The van der Waals surface area contributed by atoms with Gasteiger partial charge < -0.3 is 10.6 Å². The fourth-order valence-corrected chi connectivity index (χ4v) is 1.74. The SMILES string of the molecule is CC(C)(C)NC(=O)c1ccc(NCc2ccccc2)nn1. The molecule has 0 aliphatic rings. The quantitative estimate of drug-likeness (QED) is 0.905. The van der Waals surface area contributed by atoms with Crippen LogP contribution in [0.25, 0.3) is 0 Å². The van der Waals surface area contributed by atoms with Crippen LogP contribution in [-0.4, -0.2) is 21.6 Å². The summed E-state index contributed by atoms with van der Waals surface area (Å²) in [5.41, 5.74) is 1.19. The molecule has 1 aromatic heterocycles. The average molecular weight is 284 g/mol. The number of nitrogens with zero attached hydrogens (tertiary/aromatic N) is 2. The smallest absolute Gasteiger partial charge is 0.272 e. The van der Waals surface area contributed by atoms with E-state index in [2.05, 4.69) is 20.8 Å². The third-order valence-corrected chi connectivity index (χ3v) is 2.70. The Morgan fingerprint density at radius 2 is 1.76 bits per heavy atom. The molecular formula is C16H20N4O. The van der Waals surface area contributed by atoms with Crippen molar-refractivity contribution in [1.82, 2.24) is 15.5 Å². The molecule has 0 aliphatic carbocycles. The van der Waals surface area contributed by atoms with E-state index >= 15 is 0 Å². The van der Waals surface area contributed by atoms with Crippen molar-refractivity contribution in [3.8, 4) is 0 Å². The molecule has 1 amide bonds. The highest BCUT2D eigenvalue weighted by Gasteiger charge is 2.16. The van der Waals surface area contributed by atoms with Crippen molar-refractivity contribution in [2.24, 2.45) is 0 Å². The predicted octanol–water partition coefficient (Wildman–Crippen LogP) is 2.62. The minimum absolute atomic E-state index is 0.218. The van der Waals surface area contributed by atoms with Gasteiger partial charge in [0.2, 0.25) is 0 Å². The first-order valence-electron chi connectivity index (χ1n) is 6.88. The summed E-state index contributed by atoms with van der Waals surface area (Å²) in [4.78, 5) is 11.9. The van der Waals surface area contributed by atoms with E-state index in [1.54, 1.807) is 12.1 Å². The van der Waals surface area contributed by atoms with Gasteiger partial charge in [-0.05, 0) is 38.5 Å². The van der Waals surface area contributed by atoms with Crippen molar-refractivity contribution in [3.05, 3.63) is 53.7 Å². The van der Waals surface area contributed by atoms with Crippen LogP contribution in [0.4, 0.5) is 5.82 Å². The van der Waals surface area contributed by atoms with Crippen molar-refractivity contribution in [2.75, 3.05) is 5.32 Å². The molecule has 5 heteroatoms. The lowest BCUT2D eigenvalue weighted by molar-refractivity contribution is 0.0913. The second-order valence-corrected chi connectivity index (χ2v) is 5.85. The molecule has 0 atom stereocenters. The van der Waals surface area contributed by atoms with E-state index in [-0.39, 0.29) is 11.4 Å². The zero-order valence-electron chi connectivity index (χ0n) is 12.6. The van der Waals surface area contributed by atoms with Gasteiger partial charge in [-0.25, -0.2) is 0 Å².